The summed E-state index contributed by atoms with van der Waals surface area (Å²) in [4.78, 5) is 0.777. The lowest BCUT2D eigenvalue weighted by molar-refractivity contribution is 0.416. The van der Waals surface area contributed by atoms with Crippen molar-refractivity contribution in [2.45, 2.75) is 31.7 Å². The second kappa shape index (κ2) is 8.51. The van der Waals surface area contributed by atoms with Crippen molar-refractivity contribution in [3.05, 3.63) is 48.2 Å². The lowest BCUT2D eigenvalue weighted by Gasteiger charge is -2.14. The zero-order valence-electron chi connectivity index (χ0n) is 17.0. The summed E-state index contributed by atoms with van der Waals surface area (Å²) in [6.07, 6.45) is 3.55. The van der Waals surface area contributed by atoms with Gasteiger partial charge in [-0.25, -0.2) is 8.42 Å². The summed E-state index contributed by atoms with van der Waals surface area (Å²) in [5, 5.41) is 8.72. The Morgan fingerprint density at radius 1 is 1.28 bits per heavy atom. The highest BCUT2D eigenvalue weighted by Gasteiger charge is 2.14. The molecular weight excluding hydrogens is 406 g/mol. The SMILES string of the molecule is COc1ccc(S(C)(=O)=O)cc1NC(=S)Cc1cccc2c1cnn2CC(C)C. The van der Waals surface area contributed by atoms with Crippen LogP contribution < -0.4 is 10.1 Å². The van der Waals surface area contributed by atoms with E-state index in [1.165, 1.54) is 19.4 Å². The Hall–Kier alpha value is -2.45. The van der Waals surface area contributed by atoms with Crippen LogP contribution in [0.15, 0.2) is 47.5 Å². The molecule has 29 heavy (non-hydrogen) atoms. The topological polar surface area (TPSA) is 73.2 Å². The Kier molecular flexibility index (Phi) is 6.24. The van der Waals surface area contributed by atoms with Crippen LogP contribution in [0.1, 0.15) is 19.4 Å². The predicted molar refractivity (Wildman–Crippen MR) is 121 cm³/mol. The van der Waals surface area contributed by atoms with Crippen molar-refractivity contribution in [2.24, 2.45) is 5.92 Å². The fourth-order valence-electron chi connectivity index (χ4n) is 3.19. The third-order valence-electron chi connectivity index (χ3n) is 4.54. The van der Waals surface area contributed by atoms with Crippen LogP contribution in [0.25, 0.3) is 10.9 Å². The van der Waals surface area contributed by atoms with E-state index in [4.69, 9.17) is 17.0 Å². The number of benzene rings is 2. The van der Waals surface area contributed by atoms with E-state index in [2.05, 4.69) is 30.3 Å². The molecule has 0 amide bonds. The van der Waals surface area contributed by atoms with Gasteiger partial charge in [-0.05, 0) is 35.7 Å². The standard InChI is InChI=1S/C21H25N3O3S2/c1-14(2)13-24-19-7-5-6-15(17(19)12-22-24)10-21(28)23-18-11-16(29(4,25)26)8-9-20(18)27-3/h5-9,11-12,14H,10,13H2,1-4H3,(H,23,28). The Balaban J connectivity index is 1.86. The molecule has 0 spiro atoms. The summed E-state index contributed by atoms with van der Waals surface area (Å²) in [5.74, 6) is 1.03. The van der Waals surface area contributed by atoms with Crippen molar-refractivity contribution >= 4 is 43.6 Å². The molecule has 3 rings (SSSR count). The largest absolute Gasteiger partial charge is 0.495 e. The van der Waals surface area contributed by atoms with Gasteiger partial charge >= 0.3 is 0 Å². The van der Waals surface area contributed by atoms with Crippen LogP contribution in [-0.2, 0) is 22.8 Å². The van der Waals surface area contributed by atoms with Gasteiger partial charge in [0.15, 0.2) is 9.84 Å². The lowest BCUT2D eigenvalue weighted by Crippen LogP contribution is -2.13. The molecule has 0 aliphatic heterocycles. The van der Waals surface area contributed by atoms with Gasteiger partial charge in [0.05, 0.1) is 34.4 Å². The van der Waals surface area contributed by atoms with Crippen molar-refractivity contribution in [1.82, 2.24) is 9.78 Å². The molecule has 2 aromatic carbocycles. The molecule has 8 heteroatoms. The molecular formula is C21H25N3O3S2. The van der Waals surface area contributed by atoms with Gasteiger partial charge in [-0.2, -0.15) is 5.10 Å². The third kappa shape index (κ3) is 4.94. The van der Waals surface area contributed by atoms with Crippen LogP contribution in [0.2, 0.25) is 0 Å². The molecule has 0 atom stereocenters. The fourth-order valence-corrected chi connectivity index (χ4v) is 4.10. The van der Waals surface area contributed by atoms with Crippen LogP contribution in [-0.4, -0.2) is 36.6 Å². The van der Waals surface area contributed by atoms with Gasteiger partial charge in [-0.15, -0.1) is 0 Å². The molecule has 0 saturated carbocycles. The van der Waals surface area contributed by atoms with Crippen molar-refractivity contribution in [1.29, 1.82) is 0 Å². The first kappa shape index (κ1) is 21.3. The molecule has 0 saturated heterocycles. The van der Waals surface area contributed by atoms with Gasteiger partial charge in [0.2, 0.25) is 0 Å². The van der Waals surface area contributed by atoms with E-state index in [0.717, 1.165) is 23.0 Å². The van der Waals surface area contributed by atoms with Gasteiger partial charge < -0.3 is 10.1 Å². The molecule has 154 valence electrons. The van der Waals surface area contributed by atoms with Crippen LogP contribution in [0.5, 0.6) is 5.75 Å². The van der Waals surface area contributed by atoms with Gasteiger partial charge in [0, 0.05) is 24.6 Å². The maximum absolute atomic E-state index is 11.9. The number of hydrogen-bond donors (Lipinski definition) is 1. The average Bonchev–Trinajstić information content (AvgIpc) is 3.04. The van der Waals surface area contributed by atoms with Gasteiger partial charge in [-0.3, -0.25) is 4.68 Å². The van der Waals surface area contributed by atoms with Crippen molar-refractivity contribution < 1.29 is 13.2 Å². The minimum absolute atomic E-state index is 0.209. The van der Waals surface area contributed by atoms with Crippen LogP contribution >= 0.6 is 12.2 Å². The quantitative estimate of drug-likeness (QED) is 0.568. The number of sulfone groups is 1. The number of nitrogens with zero attached hydrogens (tertiary/aromatic N) is 2. The second-order valence-corrected chi connectivity index (χ2v) is 9.94. The molecule has 0 unspecified atom stereocenters. The number of nitrogens with one attached hydrogen (secondary N) is 1. The number of anilines is 1. The van der Waals surface area contributed by atoms with E-state index >= 15 is 0 Å². The lowest BCUT2D eigenvalue weighted by atomic mass is 10.1. The normalized spacial score (nSPS) is 11.8. The van der Waals surface area contributed by atoms with Crippen molar-refractivity contribution in [3.8, 4) is 5.75 Å². The van der Waals surface area contributed by atoms with E-state index in [-0.39, 0.29) is 4.90 Å². The predicted octanol–water partition coefficient (Wildman–Crippen LogP) is 4.09. The van der Waals surface area contributed by atoms with Crippen LogP contribution in [0.3, 0.4) is 0 Å². The molecule has 0 aliphatic carbocycles. The van der Waals surface area contributed by atoms with Crippen LogP contribution in [0.4, 0.5) is 5.69 Å². The first-order chi connectivity index (χ1) is 13.7. The van der Waals surface area contributed by atoms with Crippen molar-refractivity contribution in [3.63, 3.8) is 0 Å². The summed E-state index contributed by atoms with van der Waals surface area (Å²) < 4.78 is 31.1. The van der Waals surface area contributed by atoms with E-state index in [0.29, 0.717) is 28.8 Å². The highest BCUT2D eigenvalue weighted by Crippen LogP contribution is 2.28. The molecule has 0 bridgehead atoms. The van der Waals surface area contributed by atoms with Gasteiger partial charge in [-0.1, -0.05) is 38.2 Å². The molecule has 3 aromatic rings. The summed E-state index contributed by atoms with van der Waals surface area (Å²) in [6.45, 7) is 5.17. The number of fused-ring (bicyclic) bond motifs is 1. The zero-order valence-corrected chi connectivity index (χ0v) is 18.6. The minimum Gasteiger partial charge on any atom is -0.495 e. The summed E-state index contributed by atoms with van der Waals surface area (Å²) in [5.41, 5.74) is 2.67. The number of aromatic nitrogens is 2. The average molecular weight is 432 g/mol. The maximum Gasteiger partial charge on any atom is 0.175 e. The molecule has 6 nitrogen and oxygen atoms in total. The summed E-state index contributed by atoms with van der Waals surface area (Å²) >= 11 is 5.56. The first-order valence-electron chi connectivity index (χ1n) is 9.30. The number of hydrogen-bond acceptors (Lipinski definition) is 5. The Labute approximate surface area is 176 Å². The molecule has 1 N–H and O–H groups in total. The highest BCUT2D eigenvalue weighted by atomic mass is 32.2. The van der Waals surface area contributed by atoms with E-state index < -0.39 is 9.84 Å². The first-order valence-corrected chi connectivity index (χ1v) is 11.6. The molecule has 1 aromatic heterocycles. The number of methoxy groups -OCH3 is 1. The highest BCUT2D eigenvalue weighted by molar-refractivity contribution is 7.90. The van der Waals surface area contributed by atoms with Gasteiger partial charge in [0.25, 0.3) is 0 Å². The summed E-state index contributed by atoms with van der Waals surface area (Å²) in [7, 11) is -1.80. The Morgan fingerprint density at radius 3 is 2.69 bits per heavy atom. The van der Waals surface area contributed by atoms with E-state index in [1.54, 1.807) is 12.1 Å². The smallest absolute Gasteiger partial charge is 0.175 e. The third-order valence-corrected chi connectivity index (χ3v) is 5.90. The van der Waals surface area contributed by atoms with E-state index in [1.807, 2.05) is 23.0 Å². The van der Waals surface area contributed by atoms with Crippen LogP contribution in [0, 0.1) is 5.92 Å². The minimum atomic E-state index is -3.33. The summed E-state index contributed by atoms with van der Waals surface area (Å²) in [6, 6.07) is 10.8. The number of rotatable bonds is 7. The number of ether oxygens (including phenoxy) is 1. The number of thiocarbonyl (C=S) groups is 1. The molecule has 0 radical (unpaired) electrons. The molecule has 0 aliphatic rings. The molecule has 1 heterocycles. The van der Waals surface area contributed by atoms with Gasteiger partial charge in [0.1, 0.15) is 5.75 Å². The fraction of sp³-hybridized carbons (Fsp3) is 0.333. The Morgan fingerprint density at radius 2 is 2.03 bits per heavy atom. The molecule has 0 fully saturated rings. The van der Waals surface area contributed by atoms with Crippen molar-refractivity contribution in [2.75, 3.05) is 18.7 Å². The maximum atomic E-state index is 11.9. The zero-order chi connectivity index (χ0) is 21.2. The Bertz CT molecular complexity index is 1150. The monoisotopic (exact) mass is 431 g/mol. The van der Waals surface area contributed by atoms with E-state index in [9.17, 15) is 8.42 Å². The second-order valence-electron chi connectivity index (χ2n) is 7.43.